The highest BCUT2D eigenvalue weighted by molar-refractivity contribution is 8.09. The van der Waals surface area contributed by atoms with Gasteiger partial charge in [0.05, 0.1) is 0 Å². The predicted molar refractivity (Wildman–Crippen MR) is 43.3 cm³/mol. The molecule has 0 aromatic heterocycles. The third-order valence-electron chi connectivity index (χ3n) is 1.01. The van der Waals surface area contributed by atoms with E-state index >= 15 is 0 Å². The molecule has 0 fully saturated rings. The smallest absolute Gasteiger partial charge is 0.0154 e. The molecule has 8 heavy (non-hydrogen) atoms. The molecular weight excluding hydrogens is 136 g/mol. The lowest BCUT2D eigenvalue weighted by atomic mass is 10.6. The average Bonchev–Trinajstić information content (AvgIpc) is 1.77. The van der Waals surface area contributed by atoms with Crippen molar-refractivity contribution in [2.24, 2.45) is 0 Å². The van der Waals surface area contributed by atoms with Gasteiger partial charge in [0.2, 0.25) is 0 Å². The van der Waals surface area contributed by atoms with E-state index in [4.69, 9.17) is 0 Å². The first kappa shape index (κ1) is 6.56. The van der Waals surface area contributed by atoms with Crippen LogP contribution in [0.1, 0.15) is 13.8 Å². The van der Waals surface area contributed by atoms with Gasteiger partial charge in [0.25, 0.3) is 0 Å². The van der Waals surface area contributed by atoms with E-state index in [2.05, 4.69) is 19.3 Å². The standard InChI is InChI=1S/C6H10S2/c1-5-3-8-6(2)4-7-5/h3,6H,4H2,1-2H3. The lowest BCUT2D eigenvalue weighted by molar-refractivity contribution is 1.13. The van der Waals surface area contributed by atoms with Crippen LogP contribution in [0, 0.1) is 0 Å². The second-order valence-electron chi connectivity index (χ2n) is 1.99. The minimum Gasteiger partial charge on any atom is -0.129 e. The molecule has 0 bridgehead atoms. The maximum Gasteiger partial charge on any atom is 0.0154 e. The number of allylic oxidation sites excluding steroid dienone is 1. The molecule has 1 aliphatic heterocycles. The summed E-state index contributed by atoms with van der Waals surface area (Å²) in [7, 11) is 0. The molecule has 1 aliphatic rings. The minimum atomic E-state index is 0.823. The van der Waals surface area contributed by atoms with Crippen LogP contribution < -0.4 is 0 Å². The summed E-state index contributed by atoms with van der Waals surface area (Å²) in [6.45, 7) is 4.43. The van der Waals surface area contributed by atoms with E-state index in [1.54, 1.807) is 0 Å². The van der Waals surface area contributed by atoms with Gasteiger partial charge in [0, 0.05) is 11.0 Å². The molecule has 0 aromatic rings. The van der Waals surface area contributed by atoms with Gasteiger partial charge in [-0.1, -0.05) is 6.92 Å². The van der Waals surface area contributed by atoms with E-state index in [1.807, 2.05) is 23.5 Å². The van der Waals surface area contributed by atoms with Crippen LogP contribution in [0.4, 0.5) is 0 Å². The SMILES string of the molecule is CC1=CSC(C)CS1. The molecule has 1 heterocycles. The van der Waals surface area contributed by atoms with Crippen molar-refractivity contribution < 1.29 is 0 Å². The molecule has 0 aromatic carbocycles. The quantitative estimate of drug-likeness (QED) is 0.515. The summed E-state index contributed by atoms with van der Waals surface area (Å²) in [4.78, 5) is 1.47. The molecule has 0 aliphatic carbocycles. The van der Waals surface area contributed by atoms with Crippen LogP contribution >= 0.6 is 23.5 Å². The van der Waals surface area contributed by atoms with Crippen LogP contribution in [0.5, 0.6) is 0 Å². The summed E-state index contributed by atoms with van der Waals surface area (Å²) >= 11 is 3.91. The molecule has 2 heteroatoms. The molecule has 0 nitrogen and oxygen atoms in total. The fraction of sp³-hybridized carbons (Fsp3) is 0.667. The van der Waals surface area contributed by atoms with Crippen LogP contribution in [0.2, 0.25) is 0 Å². The molecule has 0 saturated heterocycles. The van der Waals surface area contributed by atoms with E-state index < -0.39 is 0 Å². The fourth-order valence-electron chi connectivity index (χ4n) is 0.534. The van der Waals surface area contributed by atoms with Gasteiger partial charge in [-0.15, -0.1) is 23.5 Å². The maximum absolute atomic E-state index is 2.26. The summed E-state index contributed by atoms with van der Waals surface area (Å²) in [5.74, 6) is 1.28. The van der Waals surface area contributed by atoms with Crippen LogP contribution in [0.15, 0.2) is 10.3 Å². The molecule has 0 N–H and O–H groups in total. The number of rotatable bonds is 0. The van der Waals surface area contributed by atoms with Crippen molar-refractivity contribution >= 4 is 23.5 Å². The molecule has 0 saturated carbocycles. The summed E-state index contributed by atoms with van der Waals surface area (Å²) in [5.41, 5.74) is 0. The Morgan fingerprint density at radius 2 is 2.50 bits per heavy atom. The average molecular weight is 146 g/mol. The Labute approximate surface area is 59.1 Å². The Balaban J connectivity index is 2.42. The summed E-state index contributed by atoms with van der Waals surface area (Å²) in [6, 6.07) is 0. The first-order valence-electron chi connectivity index (χ1n) is 2.74. The van der Waals surface area contributed by atoms with E-state index in [1.165, 1.54) is 10.7 Å². The highest BCUT2D eigenvalue weighted by Crippen LogP contribution is 2.30. The van der Waals surface area contributed by atoms with Gasteiger partial charge < -0.3 is 0 Å². The van der Waals surface area contributed by atoms with E-state index in [0.717, 1.165) is 5.25 Å². The zero-order valence-corrected chi connectivity index (χ0v) is 6.81. The molecular formula is C6H10S2. The fourth-order valence-corrected chi connectivity index (χ4v) is 2.41. The Morgan fingerprint density at radius 3 is 2.88 bits per heavy atom. The summed E-state index contributed by atoms with van der Waals surface area (Å²) in [6.07, 6.45) is 0. The molecule has 0 amide bonds. The normalized spacial score (nSPS) is 29.8. The van der Waals surface area contributed by atoms with Crippen molar-refractivity contribution in [3.05, 3.63) is 10.3 Å². The summed E-state index contributed by atoms with van der Waals surface area (Å²) in [5, 5.41) is 3.07. The van der Waals surface area contributed by atoms with E-state index in [-0.39, 0.29) is 0 Å². The van der Waals surface area contributed by atoms with Gasteiger partial charge in [-0.25, -0.2) is 0 Å². The van der Waals surface area contributed by atoms with Gasteiger partial charge in [0.1, 0.15) is 0 Å². The highest BCUT2D eigenvalue weighted by atomic mass is 32.2. The van der Waals surface area contributed by atoms with E-state index in [9.17, 15) is 0 Å². The van der Waals surface area contributed by atoms with Crippen LogP contribution in [-0.2, 0) is 0 Å². The zero-order valence-electron chi connectivity index (χ0n) is 5.18. The van der Waals surface area contributed by atoms with Crippen molar-refractivity contribution in [2.75, 3.05) is 5.75 Å². The largest absolute Gasteiger partial charge is 0.129 e. The lowest BCUT2D eigenvalue weighted by Crippen LogP contribution is -2.01. The van der Waals surface area contributed by atoms with Gasteiger partial charge in [-0.05, 0) is 17.2 Å². The Bertz CT molecular complexity index is 107. The van der Waals surface area contributed by atoms with Gasteiger partial charge in [-0.2, -0.15) is 0 Å². The van der Waals surface area contributed by atoms with Gasteiger partial charge in [0.15, 0.2) is 0 Å². The molecule has 1 atom stereocenters. The predicted octanol–water partition coefficient (Wildman–Crippen LogP) is 2.72. The number of thioether (sulfide) groups is 2. The molecule has 46 valence electrons. The van der Waals surface area contributed by atoms with Crippen LogP contribution in [0.3, 0.4) is 0 Å². The first-order valence-corrected chi connectivity index (χ1v) is 4.67. The van der Waals surface area contributed by atoms with Crippen LogP contribution in [-0.4, -0.2) is 11.0 Å². The van der Waals surface area contributed by atoms with Gasteiger partial charge in [-0.3, -0.25) is 0 Å². The van der Waals surface area contributed by atoms with Crippen molar-refractivity contribution in [1.29, 1.82) is 0 Å². The van der Waals surface area contributed by atoms with Crippen molar-refractivity contribution in [2.45, 2.75) is 19.1 Å². The van der Waals surface area contributed by atoms with Crippen molar-refractivity contribution in [3.63, 3.8) is 0 Å². The Kier molecular flexibility index (Phi) is 2.32. The molecule has 0 spiro atoms. The topological polar surface area (TPSA) is 0 Å². The van der Waals surface area contributed by atoms with Crippen molar-refractivity contribution in [1.82, 2.24) is 0 Å². The third-order valence-corrected chi connectivity index (χ3v) is 3.73. The second kappa shape index (κ2) is 2.83. The van der Waals surface area contributed by atoms with Crippen LogP contribution in [0.25, 0.3) is 0 Å². The lowest BCUT2D eigenvalue weighted by Gasteiger charge is -2.13. The van der Waals surface area contributed by atoms with Crippen molar-refractivity contribution in [3.8, 4) is 0 Å². The Morgan fingerprint density at radius 1 is 1.75 bits per heavy atom. The Hall–Kier alpha value is 0.440. The number of hydrogen-bond donors (Lipinski definition) is 0. The number of hydrogen-bond acceptors (Lipinski definition) is 2. The van der Waals surface area contributed by atoms with Gasteiger partial charge >= 0.3 is 0 Å². The van der Waals surface area contributed by atoms with E-state index in [0.29, 0.717) is 0 Å². The summed E-state index contributed by atoms with van der Waals surface area (Å²) < 4.78 is 0. The monoisotopic (exact) mass is 146 g/mol. The third kappa shape index (κ3) is 1.75. The maximum atomic E-state index is 2.26. The second-order valence-corrected chi connectivity index (χ2v) is 4.56. The molecule has 1 rings (SSSR count). The highest BCUT2D eigenvalue weighted by Gasteiger charge is 2.06. The first-order chi connectivity index (χ1) is 3.79. The molecule has 1 unspecified atom stereocenters. The molecule has 0 radical (unpaired) electrons. The zero-order chi connectivity index (χ0) is 5.98. The minimum absolute atomic E-state index is 0.823.